The molecule has 0 spiro atoms. The molecule has 1 aliphatic heterocycles. The van der Waals surface area contributed by atoms with E-state index in [0.29, 0.717) is 12.1 Å². The van der Waals surface area contributed by atoms with Crippen LogP contribution >= 0.6 is 0 Å². The van der Waals surface area contributed by atoms with Gasteiger partial charge in [-0.25, -0.2) is 0 Å². The fourth-order valence-corrected chi connectivity index (χ4v) is 2.69. The van der Waals surface area contributed by atoms with Crippen molar-refractivity contribution in [3.05, 3.63) is 0 Å². The molecule has 0 saturated carbocycles. The fourth-order valence-electron chi connectivity index (χ4n) is 2.69. The van der Waals surface area contributed by atoms with Gasteiger partial charge in [0, 0.05) is 37.8 Å². The van der Waals surface area contributed by atoms with Crippen LogP contribution in [-0.2, 0) is 4.74 Å². The molecule has 0 amide bonds. The SMILES string of the molecule is CCCC1CN(C(C)COC)C(C)(C)CN1. The molecular formula is C13H28N2O. The summed E-state index contributed by atoms with van der Waals surface area (Å²) in [6.07, 6.45) is 2.52. The number of nitrogens with zero attached hydrogens (tertiary/aromatic N) is 1. The van der Waals surface area contributed by atoms with Crippen molar-refractivity contribution >= 4 is 0 Å². The van der Waals surface area contributed by atoms with Gasteiger partial charge in [0.05, 0.1) is 6.61 Å². The highest BCUT2D eigenvalue weighted by Crippen LogP contribution is 2.22. The Bertz CT molecular complexity index is 206. The third-order valence-electron chi connectivity index (χ3n) is 3.60. The molecule has 0 aromatic heterocycles. The van der Waals surface area contributed by atoms with Crippen LogP contribution in [0.2, 0.25) is 0 Å². The summed E-state index contributed by atoms with van der Waals surface area (Å²) in [5, 5.41) is 3.65. The van der Waals surface area contributed by atoms with E-state index in [1.807, 2.05) is 0 Å². The van der Waals surface area contributed by atoms with E-state index in [9.17, 15) is 0 Å². The molecule has 3 nitrogen and oxygen atoms in total. The Balaban J connectivity index is 2.60. The maximum atomic E-state index is 5.28. The van der Waals surface area contributed by atoms with Crippen molar-refractivity contribution in [1.29, 1.82) is 0 Å². The van der Waals surface area contributed by atoms with Crippen molar-refractivity contribution in [3.8, 4) is 0 Å². The molecule has 16 heavy (non-hydrogen) atoms. The number of hydrogen-bond acceptors (Lipinski definition) is 3. The van der Waals surface area contributed by atoms with Gasteiger partial charge in [-0.2, -0.15) is 0 Å². The summed E-state index contributed by atoms with van der Waals surface area (Å²) < 4.78 is 5.28. The zero-order valence-electron chi connectivity index (χ0n) is 11.5. The quantitative estimate of drug-likeness (QED) is 0.777. The lowest BCUT2D eigenvalue weighted by molar-refractivity contribution is -0.00120. The minimum Gasteiger partial charge on any atom is -0.383 e. The van der Waals surface area contributed by atoms with E-state index in [2.05, 4.69) is 37.9 Å². The smallest absolute Gasteiger partial charge is 0.0615 e. The van der Waals surface area contributed by atoms with E-state index in [0.717, 1.165) is 19.7 Å². The van der Waals surface area contributed by atoms with Gasteiger partial charge in [-0.3, -0.25) is 4.90 Å². The summed E-state index contributed by atoms with van der Waals surface area (Å²) in [4.78, 5) is 2.59. The molecule has 1 saturated heterocycles. The van der Waals surface area contributed by atoms with Crippen molar-refractivity contribution in [2.24, 2.45) is 0 Å². The molecule has 1 heterocycles. The number of piperazine rings is 1. The molecule has 2 unspecified atom stereocenters. The molecule has 3 heteroatoms. The number of ether oxygens (including phenoxy) is 1. The minimum absolute atomic E-state index is 0.238. The second-order valence-electron chi connectivity index (χ2n) is 5.64. The summed E-state index contributed by atoms with van der Waals surface area (Å²) in [7, 11) is 1.79. The predicted octanol–water partition coefficient (Wildman–Crippen LogP) is 1.87. The molecule has 0 radical (unpaired) electrons. The van der Waals surface area contributed by atoms with E-state index < -0.39 is 0 Å². The van der Waals surface area contributed by atoms with Crippen LogP contribution in [0.1, 0.15) is 40.5 Å². The zero-order valence-corrected chi connectivity index (χ0v) is 11.5. The van der Waals surface area contributed by atoms with Crippen LogP contribution in [0.5, 0.6) is 0 Å². The van der Waals surface area contributed by atoms with Crippen LogP contribution < -0.4 is 5.32 Å². The first kappa shape index (κ1) is 13.9. The van der Waals surface area contributed by atoms with Crippen molar-refractivity contribution in [2.75, 3.05) is 26.8 Å². The van der Waals surface area contributed by atoms with Crippen LogP contribution in [-0.4, -0.2) is 49.3 Å². The van der Waals surface area contributed by atoms with Crippen molar-refractivity contribution in [2.45, 2.75) is 58.2 Å². The third-order valence-corrected chi connectivity index (χ3v) is 3.60. The molecule has 2 atom stereocenters. The Morgan fingerprint density at radius 1 is 1.50 bits per heavy atom. The Hall–Kier alpha value is -0.120. The van der Waals surface area contributed by atoms with Gasteiger partial charge in [0.1, 0.15) is 0 Å². The number of methoxy groups -OCH3 is 1. The highest BCUT2D eigenvalue weighted by atomic mass is 16.5. The Morgan fingerprint density at radius 3 is 2.75 bits per heavy atom. The molecule has 1 N–H and O–H groups in total. The maximum Gasteiger partial charge on any atom is 0.0615 e. The average molecular weight is 228 g/mol. The molecule has 1 rings (SSSR count). The van der Waals surface area contributed by atoms with Crippen LogP contribution in [0.25, 0.3) is 0 Å². The van der Waals surface area contributed by atoms with Gasteiger partial charge in [0.2, 0.25) is 0 Å². The van der Waals surface area contributed by atoms with E-state index in [4.69, 9.17) is 4.74 Å². The Kier molecular flexibility index (Phi) is 5.22. The summed E-state index contributed by atoms with van der Waals surface area (Å²) in [5.74, 6) is 0. The van der Waals surface area contributed by atoms with Crippen LogP contribution in [0.3, 0.4) is 0 Å². The molecular weight excluding hydrogens is 200 g/mol. The molecule has 1 fully saturated rings. The molecule has 0 bridgehead atoms. The third kappa shape index (κ3) is 3.44. The van der Waals surface area contributed by atoms with Crippen molar-refractivity contribution in [1.82, 2.24) is 10.2 Å². The first-order valence-electron chi connectivity index (χ1n) is 6.50. The average Bonchev–Trinajstić information content (AvgIpc) is 2.21. The molecule has 0 aliphatic carbocycles. The number of rotatable bonds is 5. The van der Waals surface area contributed by atoms with Gasteiger partial charge in [-0.1, -0.05) is 13.3 Å². The lowest BCUT2D eigenvalue weighted by Gasteiger charge is -2.49. The largest absolute Gasteiger partial charge is 0.383 e. The highest BCUT2D eigenvalue weighted by molar-refractivity contribution is 4.94. The summed E-state index contributed by atoms with van der Waals surface area (Å²) in [5.41, 5.74) is 0.238. The van der Waals surface area contributed by atoms with Crippen molar-refractivity contribution in [3.63, 3.8) is 0 Å². The fraction of sp³-hybridized carbons (Fsp3) is 1.00. The minimum atomic E-state index is 0.238. The summed E-state index contributed by atoms with van der Waals surface area (Å²) in [6, 6.07) is 1.15. The molecule has 1 aliphatic rings. The van der Waals surface area contributed by atoms with Gasteiger partial charge in [-0.05, 0) is 27.2 Å². The van der Waals surface area contributed by atoms with Crippen molar-refractivity contribution < 1.29 is 4.74 Å². The second kappa shape index (κ2) is 5.99. The van der Waals surface area contributed by atoms with Gasteiger partial charge in [0.25, 0.3) is 0 Å². The molecule has 0 aromatic rings. The highest BCUT2D eigenvalue weighted by Gasteiger charge is 2.36. The lowest BCUT2D eigenvalue weighted by atomic mass is 9.94. The standard InChI is InChI=1S/C13H28N2O/c1-6-7-12-8-15(11(2)9-16-5)13(3,4)10-14-12/h11-12,14H,6-10H2,1-5H3. The van der Waals surface area contributed by atoms with Gasteiger partial charge >= 0.3 is 0 Å². The first-order chi connectivity index (χ1) is 7.51. The Morgan fingerprint density at radius 2 is 2.19 bits per heavy atom. The first-order valence-corrected chi connectivity index (χ1v) is 6.50. The van der Waals surface area contributed by atoms with Crippen LogP contribution in [0, 0.1) is 0 Å². The molecule has 96 valence electrons. The van der Waals surface area contributed by atoms with E-state index in [1.54, 1.807) is 7.11 Å². The van der Waals surface area contributed by atoms with Crippen LogP contribution in [0.15, 0.2) is 0 Å². The normalized spacial score (nSPS) is 27.9. The van der Waals surface area contributed by atoms with Gasteiger partial charge in [0.15, 0.2) is 0 Å². The monoisotopic (exact) mass is 228 g/mol. The van der Waals surface area contributed by atoms with E-state index in [-0.39, 0.29) is 5.54 Å². The second-order valence-corrected chi connectivity index (χ2v) is 5.64. The predicted molar refractivity (Wildman–Crippen MR) is 68.8 cm³/mol. The zero-order chi connectivity index (χ0) is 12.2. The topological polar surface area (TPSA) is 24.5 Å². The van der Waals surface area contributed by atoms with Gasteiger partial charge in [-0.15, -0.1) is 0 Å². The van der Waals surface area contributed by atoms with E-state index >= 15 is 0 Å². The maximum absolute atomic E-state index is 5.28. The Labute approximate surface area is 101 Å². The number of hydrogen-bond donors (Lipinski definition) is 1. The number of nitrogens with one attached hydrogen (secondary N) is 1. The summed E-state index contributed by atoms with van der Waals surface area (Å²) in [6.45, 7) is 12.2. The van der Waals surface area contributed by atoms with E-state index in [1.165, 1.54) is 12.8 Å². The summed E-state index contributed by atoms with van der Waals surface area (Å²) >= 11 is 0. The van der Waals surface area contributed by atoms with Gasteiger partial charge < -0.3 is 10.1 Å². The van der Waals surface area contributed by atoms with Crippen LogP contribution in [0.4, 0.5) is 0 Å². The lowest BCUT2D eigenvalue weighted by Crippen LogP contribution is -2.64. The molecule has 0 aromatic carbocycles.